The first-order chi connectivity index (χ1) is 7.58. The van der Waals surface area contributed by atoms with Gasteiger partial charge in [-0.1, -0.05) is 11.6 Å². The van der Waals surface area contributed by atoms with Crippen LogP contribution in [-0.4, -0.2) is 11.9 Å². The van der Waals surface area contributed by atoms with Crippen molar-refractivity contribution in [2.45, 2.75) is 32.8 Å². The Morgan fingerprint density at radius 1 is 1.44 bits per heavy atom. The Bertz CT molecular complexity index is 408. The maximum atomic E-state index is 11.8. The van der Waals surface area contributed by atoms with Gasteiger partial charge in [0, 0.05) is 11.5 Å². The number of carbonyl (C=O) groups is 1. The molecule has 0 radical (unpaired) electrons. The van der Waals surface area contributed by atoms with Crippen LogP contribution in [0.1, 0.15) is 37.0 Å². The number of ether oxygens (including phenoxy) is 1. The van der Waals surface area contributed by atoms with Crippen molar-refractivity contribution in [1.29, 1.82) is 0 Å². The standard InChI is InChI=1S/C13H15ClO2/c1-8(2)16-12-6-5-10(7-11(12)14)13(15)9-3-4-9/h5-9H,3-4H2,1-2H3. The summed E-state index contributed by atoms with van der Waals surface area (Å²) < 4.78 is 5.51. The summed E-state index contributed by atoms with van der Waals surface area (Å²) in [7, 11) is 0. The number of hydrogen-bond donors (Lipinski definition) is 0. The predicted octanol–water partition coefficient (Wildman–Crippen LogP) is 3.72. The minimum absolute atomic E-state index is 0.0856. The number of rotatable bonds is 4. The Hall–Kier alpha value is -1.02. The second-order valence-corrected chi connectivity index (χ2v) is 4.86. The van der Waals surface area contributed by atoms with Crippen LogP contribution >= 0.6 is 11.6 Å². The third-order valence-corrected chi connectivity index (χ3v) is 2.82. The van der Waals surface area contributed by atoms with E-state index in [4.69, 9.17) is 16.3 Å². The lowest BCUT2D eigenvalue weighted by Crippen LogP contribution is -2.07. The molecule has 0 saturated heterocycles. The van der Waals surface area contributed by atoms with Gasteiger partial charge in [0.05, 0.1) is 11.1 Å². The van der Waals surface area contributed by atoms with Gasteiger partial charge in [-0.2, -0.15) is 0 Å². The van der Waals surface area contributed by atoms with Crippen LogP contribution in [0, 0.1) is 5.92 Å². The normalized spacial score (nSPS) is 15.2. The monoisotopic (exact) mass is 238 g/mol. The van der Waals surface area contributed by atoms with Gasteiger partial charge < -0.3 is 4.74 Å². The lowest BCUT2D eigenvalue weighted by atomic mass is 10.1. The first kappa shape index (κ1) is 11.5. The molecule has 0 spiro atoms. The quantitative estimate of drug-likeness (QED) is 0.748. The molecule has 0 atom stereocenters. The molecule has 1 aromatic rings. The van der Waals surface area contributed by atoms with Crippen LogP contribution < -0.4 is 4.74 Å². The molecular formula is C13H15ClO2. The summed E-state index contributed by atoms with van der Waals surface area (Å²) in [5, 5.41) is 0.514. The van der Waals surface area contributed by atoms with Crippen LogP contribution in [0.5, 0.6) is 5.75 Å². The molecule has 0 aliphatic heterocycles. The fraction of sp³-hybridized carbons (Fsp3) is 0.462. The molecule has 1 saturated carbocycles. The molecule has 16 heavy (non-hydrogen) atoms. The summed E-state index contributed by atoms with van der Waals surface area (Å²) in [6.07, 6.45) is 2.11. The summed E-state index contributed by atoms with van der Waals surface area (Å²) in [5.41, 5.74) is 0.698. The number of hydrogen-bond acceptors (Lipinski definition) is 2. The maximum Gasteiger partial charge on any atom is 0.165 e. The zero-order valence-corrected chi connectivity index (χ0v) is 10.3. The Morgan fingerprint density at radius 2 is 2.12 bits per heavy atom. The summed E-state index contributed by atoms with van der Waals surface area (Å²) in [6, 6.07) is 5.28. The molecule has 0 N–H and O–H groups in total. The SMILES string of the molecule is CC(C)Oc1ccc(C(=O)C2CC2)cc1Cl. The van der Waals surface area contributed by atoms with Crippen molar-refractivity contribution in [3.8, 4) is 5.75 Å². The minimum Gasteiger partial charge on any atom is -0.489 e. The summed E-state index contributed by atoms with van der Waals surface area (Å²) >= 11 is 6.07. The average molecular weight is 239 g/mol. The Morgan fingerprint density at radius 3 is 2.62 bits per heavy atom. The van der Waals surface area contributed by atoms with Crippen LogP contribution in [0.25, 0.3) is 0 Å². The molecule has 0 unspecified atom stereocenters. The molecule has 0 aromatic heterocycles. The van der Waals surface area contributed by atoms with Crippen molar-refractivity contribution in [1.82, 2.24) is 0 Å². The summed E-state index contributed by atoms with van der Waals surface area (Å²) in [4.78, 5) is 11.8. The van der Waals surface area contributed by atoms with E-state index in [9.17, 15) is 4.79 Å². The molecular weight excluding hydrogens is 224 g/mol. The van der Waals surface area contributed by atoms with Crippen LogP contribution in [-0.2, 0) is 0 Å². The summed E-state index contributed by atoms with van der Waals surface area (Å²) in [6.45, 7) is 3.89. The number of Topliss-reactive ketones (excluding diaryl/α,β-unsaturated/α-hetero) is 1. The van der Waals surface area contributed by atoms with Crippen molar-refractivity contribution in [3.05, 3.63) is 28.8 Å². The van der Waals surface area contributed by atoms with Gasteiger partial charge in [-0.05, 0) is 44.9 Å². The molecule has 2 nitrogen and oxygen atoms in total. The second-order valence-electron chi connectivity index (χ2n) is 4.45. The predicted molar refractivity (Wildman–Crippen MR) is 64.3 cm³/mol. The lowest BCUT2D eigenvalue weighted by Gasteiger charge is -2.11. The first-order valence-electron chi connectivity index (χ1n) is 5.58. The van der Waals surface area contributed by atoms with Gasteiger partial charge in [-0.15, -0.1) is 0 Å². The van der Waals surface area contributed by atoms with Gasteiger partial charge in [0.2, 0.25) is 0 Å². The highest BCUT2D eigenvalue weighted by Gasteiger charge is 2.30. The molecule has 1 aliphatic carbocycles. The van der Waals surface area contributed by atoms with Crippen molar-refractivity contribution < 1.29 is 9.53 Å². The Balaban J connectivity index is 2.18. The molecule has 3 heteroatoms. The van der Waals surface area contributed by atoms with Crippen LogP contribution in [0.4, 0.5) is 0 Å². The van der Waals surface area contributed by atoms with Gasteiger partial charge in [-0.3, -0.25) is 4.79 Å². The van der Waals surface area contributed by atoms with E-state index in [0.717, 1.165) is 12.8 Å². The molecule has 0 amide bonds. The van der Waals surface area contributed by atoms with Crippen LogP contribution in [0.3, 0.4) is 0 Å². The van der Waals surface area contributed by atoms with E-state index in [0.29, 0.717) is 16.3 Å². The van der Waals surface area contributed by atoms with E-state index in [2.05, 4.69) is 0 Å². The number of benzene rings is 1. The van der Waals surface area contributed by atoms with Gasteiger partial charge in [-0.25, -0.2) is 0 Å². The van der Waals surface area contributed by atoms with Crippen LogP contribution in [0.2, 0.25) is 5.02 Å². The van der Waals surface area contributed by atoms with Crippen LogP contribution in [0.15, 0.2) is 18.2 Å². The van der Waals surface area contributed by atoms with E-state index in [1.165, 1.54) is 0 Å². The number of halogens is 1. The van der Waals surface area contributed by atoms with E-state index >= 15 is 0 Å². The van der Waals surface area contributed by atoms with E-state index in [1.54, 1.807) is 18.2 Å². The smallest absolute Gasteiger partial charge is 0.165 e. The number of ketones is 1. The molecule has 2 rings (SSSR count). The molecule has 86 valence electrons. The minimum atomic E-state index is 0.0856. The molecule has 1 fully saturated rings. The zero-order valence-electron chi connectivity index (χ0n) is 9.50. The zero-order chi connectivity index (χ0) is 11.7. The molecule has 1 aliphatic rings. The van der Waals surface area contributed by atoms with Crippen molar-refractivity contribution >= 4 is 17.4 Å². The summed E-state index contributed by atoms with van der Waals surface area (Å²) in [5.74, 6) is 1.08. The molecule has 0 heterocycles. The molecule has 0 bridgehead atoms. The highest BCUT2D eigenvalue weighted by Crippen LogP contribution is 2.34. The highest BCUT2D eigenvalue weighted by atomic mass is 35.5. The molecule has 1 aromatic carbocycles. The van der Waals surface area contributed by atoms with Gasteiger partial charge >= 0.3 is 0 Å². The van der Waals surface area contributed by atoms with Gasteiger partial charge in [0.25, 0.3) is 0 Å². The van der Waals surface area contributed by atoms with Crippen molar-refractivity contribution in [3.63, 3.8) is 0 Å². The fourth-order valence-corrected chi connectivity index (χ4v) is 1.81. The topological polar surface area (TPSA) is 26.3 Å². The maximum absolute atomic E-state index is 11.8. The third-order valence-electron chi connectivity index (χ3n) is 2.53. The first-order valence-corrected chi connectivity index (χ1v) is 5.96. The van der Waals surface area contributed by atoms with Crippen molar-refractivity contribution in [2.75, 3.05) is 0 Å². The van der Waals surface area contributed by atoms with Gasteiger partial charge in [0.15, 0.2) is 5.78 Å². The average Bonchev–Trinajstić information content (AvgIpc) is 3.03. The van der Waals surface area contributed by atoms with Crippen molar-refractivity contribution in [2.24, 2.45) is 5.92 Å². The second kappa shape index (κ2) is 4.46. The fourth-order valence-electron chi connectivity index (χ4n) is 1.58. The Kier molecular flexibility index (Phi) is 3.20. The third kappa shape index (κ3) is 2.56. The highest BCUT2D eigenvalue weighted by molar-refractivity contribution is 6.32. The Labute approximate surface area is 101 Å². The lowest BCUT2D eigenvalue weighted by molar-refractivity contribution is 0.0967. The van der Waals surface area contributed by atoms with Gasteiger partial charge in [0.1, 0.15) is 5.75 Å². The van der Waals surface area contributed by atoms with E-state index < -0.39 is 0 Å². The number of carbonyl (C=O) groups excluding carboxylic acids is 1. The van der Waals surface area contributed by atoms with E-state index in [1.807, 2.05) is 13.8 Å². The largest absolute Gasteiger partial charge is 0.489 e. The van der Waals surface area contributed by atoms with E-state index in [-0.39, 0.29) is 17.8 Å².